The molecule has 0 saturated carbocycles. The minimum Gasteiger partial charge on any atom is -0.378 e. The zero-order valence-electron chi connectivity index (χ0n) is 12.0. The molecule has 4 nitrogen and oxygen atoms in total. The number of halogens is 2. The van der Waals surface area contributed by atoms with Crippen LogP contribution in [-0.4, -0.2) is 16.0 Å². The third-order valence-electron chi connectivity index (χ3n) is 3.28. The van der Waals surface area contributed by atoms with E-state index in [4.69, 9.17) is 23.2 Å². The van der Waals surface area contributed by atoms with Gasteiger partial charge in [-0.2, -0.15) is 0 Å². The first-order valence-electron chi connectivity index (χ1n) is 6.85. The van der Waals surface area contributed by atoms with Gasteiger partial charge < -0.3 is 10.4 Å². The van der Waals surface area contributed by atoms with Crippen molar-refractivity contribution in [2.45, 2.75) is 25.5 Å². The summed E-state index contributed by atoms with van der Waals surface area (Å²) < 4.78 is 0. The van der Waals surface area contributed by atoms with Crippen LogP contribution in [0.15, 0.2) is 42.7 Å². The summed E-state index contributed by atoms with van der Waals surface area (Å²) in [6, 6.07) is 8.05. The SMILES string of the molecule is CCC(NC(=O)C(O)c1cc(Cl)cc(Cl)c1)c1ccncc1. The zero-order valence-corrected chi connectivity index (χ0v) is 13.5. The fraction of sp³-hybridized carbons (Fsp3) is 0.250. The third kappa shape index (κ3) is 4.19. The number of aromatic nitrogens is 1. The number of aliphatic hydroxyl groups excluding tert-OH is 1. The Morgan fingerprint density at radius 2 is 1.77 bits per heavy atom. The van der Waals surface area contributed by atoms with Gasteiger partial charge in [0.2, 0.25) is 0 Å². The van der Waals surface area contributed by atoms with Gasteiger partial charge in [-0.25, -0.2) is 0 Å². The van der Waals surface area contributed by atoms with E-state index in [1.165, 1.54) is 12.1 Å². The standard InChI is InChI=1S/C16H16Cl2N2O2/c1-2-14(10-3-5-19-6-4-10)20-16(22)15(21)11-7-12(17)9-13(18)8-11/h3-9,14-15,21H,2H2,1H3,(H,20,22). The molecule has 1 aromatic carbocycles. The zero-order chi connectivity index (χ0) is 16.1. The number of aliphatic hydroxyl groups is 1. The van der Waals surface area contributed by atoms with Crippen molar-refractivity contribution in [1.82, 2.24) is 10.3 Å². The number of carbonyl (C=O) groups excluding carboxylic acids is 1. The molecule has 2 atom stereocenters. The Kier molecular flexibility index (Phi) is 5.77. The Labute approximate surface area is 139 Å². The first-order chi connectivity index (χ1) is 10.5. The highest BCUT2D eigenvalue weighted by atomic mass is 35.5. The lowest BCUT2D eigenvalue weighted by Gasteiger charge is -2.20. The molecule has 0 spiro atoms. The average molecular weight is 339 g/mol. The summed E-state index contributed by atoms with van der Waals surface area (Å²) in [5.74, 6) is -0.498. The number of rotatable bonds is 5. The summed E-state index contributed by atoms with van der Waals surface area (Å²) in [6.07, 6.45) is 2.69. The molecule has 0 saturated heterocycles. The topological polar surface area (TPSA) is 62.2 Å². The second kappa shape index (κ2) is 7.58. The monoisotopic (exact) mass is 338 g/mol. The van der Waals surface area contributed by atoms with Crippen molar-refractivity contribution < 1.29 is 9.90 Å². The lowest BCUT2D eigenvalue weighted by atomic mass is 10.0. The Bertz CT molecular complexity index is 630. The number of hydrogen-bond acceptors (Lipinski definition) is 3. The van der Waals surface area contributed by atoms with Gasteiger partial charge in [-0.3, -0.25) is 9.78 Å². The highest BCUT2D eigenvalue weighted by molar-refractivity contribution is 6.34. The van der Waals surface area contributed by atoms with Crippen LogP contribution in [-0.2, 0) is 4.79 Å². The van der Waals surface area contributed by atoms with Crippen LogP contribution in [0, 0.1) is 0 Å². The molecule has 2 unspecified atom stereocenters. The minimum atomic E-state index is -1.33. The molecule has 0 aliphatic heterocycles. The predicted octanol–water partition coefficient (Wildman–Crippen LogP) is 3.69. The van der Waals surface area contributed by atoms with E-state index in [-0.39, 0.29) is 6.04 Å². The summed E-state index contributed by atoms with van der Waals surface area (Å²) in [7, 11) is 0. The quantitative estimate of drug-likeness (QED) is 0.873. The molecule has 6 heteroatoms. The number of amides is 1. The second-order valence-corrected chi connectivity index (χ2v) is 5.73. The van der Waals surface area contributed by atoms with Gasteiger partial charge in [0.1, 0.15) is 0 Å². The van der Waals surface area contributed by atoms with Gasteiger partial charge in [-0.15, -0.1) is 0 Å². The van der Waals surface area contributed by atoms with Crippen molar-refractivity contribution in [2.24, 2.45) is 0 Å². The van der Waals surface area contributed by atoms with Crippen molar-refractivity contribution in [3.8, 4) is 0 Å². The molecule has 0 radical (unpaired) electrons. The highest BCUT2D eigenvalue weighted by Gasteiger charge is 2.21. The molecule has 2 aromatic rings. The summed E-state index contributed by atoms with van der Waals surface area (Å²) in [4.78, 5) is 16.2. The lowest BCUT2D eigenvalue weighted by molar-refractivity contribution is -0.130. The van der Waals surface area contributed by atoms with E-state index < -0.39 is 12.0 Å². The van der Waals surface area contributed by atoms with Crippen LogP contribution in [0.25, 0.3) is 0 Å². The number of carbonyl (C=O) groups is 1. The summed E-state index contributed by atoms with van der Waals surface area (Å²) in [6.45, 7) is 1.95. The first-order valence-corrected chi connectivity index (χ1v) is 7.61. The van der Waals surface area contributed by atoms with Crippen LogP contribution in [0.4, 0.5) is 0 Å². The fourth-order valence-electron chi connectivity index (χ4n) is 2.15. The van der Waals surface area contributed by atoms with Crippen molar-refractivity contribution in [3.05, 3.63) is 63.9 Å². The van der Waals surface area contributed by atoms with Crippen LogP contribution in [0.3, 0.4) is 0 Å². The van der Waals surface area contributed by atoms with Crippen molar-refractivity contribution in [1.29, 1.82) is 0 Å². The minimum absolute atomic E-state index is 0.195. The number of pyridine rings is 1. The van der Waals surface area contributed by atoms with E-state index in [9.17, 15) is 9.90 Å². The maximum atomic E-state index is 12.2. The molecule has 0 bridgehead atoms. The fourth-order valence-corrected chi connectivity index (χ4v) is 2.69. The second-order valence-electron chi connectivity index (χ2n) is 4.86. The number of nitrogens with zero attached hydrogens (tertiary/aromatic N) is 1. The lowest BCUT2D eigenvalue weighted by Crippen LogP contribution is -2.32. The van der Waals surface area contributed by atoms with E-state index in [0.717, 1.165) is 5.56 Å². The normalized spacial score (nSPS) is 13.5. The van der Waals surface area contributed by atoms with Crippen LogP contribution >= 0.6 is 23.2 Å². The van der Waals surface area contributed by atoms with E-state index in [1.807, 2.05) is 19.1 Å². The molecule has 116 valence electrons. The Morgan fingerprint density at radius 1 is 1.18 bits per heavy atom. The molecule has 1 amide bonds. The summed E-state index contributed by atoms with van der Waals surface area (Å²) >= 11 is 11.8. The van der Waals surface area contributed by atoms with E-state index >= 15 is 0 Å². The van der Waals surface area contributed by atoms with Gasteiger partial charge in [0, 0.05) is 22.4 Å². The number of benzene rings is 1. The van der Waals surface area contributed by atoms with Crippen molar-refractivity contribution in [2.75, 3.05) is 0 Å². The van der Waals surface area contributed by atoms with Gasteiger partial charge >= 0.3 is 0 Å². The van der Waals surface area contributed by atoms with Crippen molar-refractivity contribution >= 4 is 29.1 Å². The number of nitrogens with one attached hydrogen (secondary N) is 1. The smallest absolute Gasteiger partial charge is 0.253 e. The molecule has 2 N–H and O–H groups in total. The Morgan fingerprint density at radius 3 is 2.32 bits per heavy atom. The number of hydrogen-bond donors (Lipinski definition) is 2. The molecular formula is C16H16Cl2N2O2. The maximum absolute atomic E-state index is 12.2. The van der Waals surface area contributed by atoms with E-state index in [2.05, 4.69) is 10.3 Å². The van der Waals surface area contributed by atoms with Gasteiger partial charge in [-0.05, 0) is 47.9 Å². The van der Waals surface area contributed by atoms with Gasteiger partial charge in [-0.1, -0.05) is 30.1 Å². The highest BCUT2D eigenvalue weighted by Crippen LogP contribution is 2.24. The van der Waals surface area contributed by atoms with Crippen LogP contribution in [0.2, 0.25) is 10.0 Å². The molecule has 1 aromatic heterocycles. The largest absolute Gasteiger partial charge is 0.378 e. The van der Waals surface area contributed by atoms with Gasteiger partial charge in [0.05, 0.1) is 6.04 Å². The average Bonchev–Trinajstić information content (AvgIpc) is 2.51. The molecule has 0 aliphatic rings. The molecule has 22 heavy (non-hydrogen) atoms. The van der Waals surface area contributed by atoms with Crippen LogP contribution < -0.4 is 5.32 Å². The van der Waals surface area contributed by atoms with E-state index in [0.29, 0.717) is 22.0 Å². The predicted molar refractivity (Wildman–Crippen MR) is 86.8 cm³/mol. The summed E-state index contributed by atoms with van der Waals surface area (Å²) in [5.41, 5.74) is 1.29. The molecular weight excluding hydrogens is 323 g/mol. The molecule has 0 aliphatic carbocycles. The van der Waals surface area contributed by atoms with Crippen LogP contribution in [0.1, 0.15) is 36.6 Å². The van der Waals surface area contributed by atoms with Gasteiger partial charge in [0.25, 0.3) is 5.91 Å². The van der Waals surface area contributed by atoms with E-state index in [1.54, 1.807) is 18.5 Å². The Hall–Kier alpha value is -1.62. The molecule has 1 heterocycles. The first kappa shape index (κ1) is 16.7. The molecule has 0 fully saturated rings. The van der Waals surface area contributed by atoms with Crippen molar-refractivity contribution in [3.63, 3.8) is 0 Å². The Balaban J connectivity index is 2.13. The maximum Gasteiger partial charge on any atom is 0.253 e. The van der Waals surface area contributed by atoms with Gasteiger partial charge in [0.15, 0.2) is 6.10 Å². The third-order valence-corrected chi connectivity index (χ3v) is 3.72. The summed E-state index contributed by atoms with van der Waals surface area (Å²) in [5, 5.41) is 13.7. The van der Waals surface area contributed by atoms with Crippen LogP contribution in [0.5, 0.6) is 0 Å². The molecule has 2 rings (SSSR count).